The lowest BCUT2D eigenvalue weighted by Gasteiger charge is -2.03. The molecule has 96 valence electrons. The number of hydrogen-bond acceptors (Lipinski definition) is 1. The average Bonchev–Trinajstić information content (AvgIpc) is 2.39. The zero-order chi connectivity index (χ0) is 13.8. The first-order valence-corrected chi connectivity index (χ1v) is 5.56. The number of guanidine groups is 1. The Morgan fingerprint density at radius 2 is 1.68 bits per heavy atom. The van der Waals surface area contributed by atoms with E-state index in [1.807, 2.05) is 6.07 Å². The minimum absolute atomic E-state index is 0.280. The van der Waals surface area contributed by atoms with Crippen LogP contribution >= 0.6 is 0 Å². The van der Waals surface area contributed by atoms with Gasteiger partial charge < -0.3 is 11.5 Å². The molecule has 0 fully saturated rings. The number of rotatable bonds is 2. The molecule has 1 amide bonds. The van der Waals surface area contributed by atoms with Gasteiger partial charge in [0.2, 0.25) is 0 Å². The van der Waals surface area contributed by atoms with Crippen molar-refractivity contribution in [1.29, 1.82) is 0 Å². The Morgan fingerprint density at radius 1 is 1.00 bits per heavy atom. The monoisotopic (exact) mass is 257 g/mol. The molecule has 0 atom stereocenters. The highest BCUT2D eigenvalue weighted by Crippen LogP contribution is 2.21. The van der Waals surface area contributed by atoms with E-state index in [1.165, 1.54) is 12.1 Å². The van der Waals surface area contributed by atoms with Gasteiger partial charge in [-0.15, -0.1) is 0 Å². The van der Waals surface area contributed by atoms with Crippen molar-refractivity contribution in [1.82, 2.24) is 0 Å². The summed E-state index contributed by atoms with van der Waals surface area (Å²) in [5, 5.41) is 0. The van der Waals surface area contributed by atoms with E-state index in [4.69, 9.17) is 11.5 Å². The molecule has 0 aliphatic rings. The lowest BCUT2D eigenvalue weighted by atomic mass is 10.0. The molecule has 0 aliphatic heterocycles. The maximum Gasteiger partial charge on any atom is 0.280 e. The highest BCUT2D eigenvalue weighted by molar-refractivity contribution is 6.02. The molecule has 19 heavy (non-hydrogen) atoms. The van der Waals surface area contributed by atoms with Gasteiger partial charge >= 0.3 is 0 Å². The van der Waals surface area contributed by atoms with E-state index in [9.17, 15) is 9.18 Å². The van der Waals surface area contributed by atoms with Crippen LogP contribution in [0.4, 0.5) is 4.39 Å². The zero-order valence-corrected chi connectivity index (χ0v) is 10.0. The second kappa shape index (κ2) is 5.30. The molecule has 2 aromatic rings. The molecule has 0 unspecified atom stereocenters. The predicted octanol–water partition coefficient (Wildman–Crippen LogP) is 1.91. The van der Waals surface area contributed by atoms with Crippen LogP contribution in [0.5, 0.6) is 0 Å². The molecular formula is C14H12FN3O. The topological polar surface area (TPSA) is 81.5 Å². The van der Waals surface area contributed by atoms with Gasteiger partial charge in [0, 0.05) is 5.56 Å². The van der Waals surface area contributed by atoms with Crippen LogP contribution in [0.3, 0.4) is 0 Å². The van der Waals surface area contributed by atoms with E-state index in [-0.39, 0.29) is 11.8 Å². The number of benzene rings is 2. The first-order chi connectivity index (χ1) is 9.06. The quantitative estimate of drug-likeness (QED) is 0.637. The molecule has 0 saturated carbocycles. The Hall–Kier alpha value is -2.69. The van der Waals surface area contributed by atoms with Crippen molar-refractivity contribution in [3.8, 4) is 11.1 Å². The fourth-order valence-corrected chi connectivity index (χ4v) is 1.66. The van der Waals surface area contributed by atoms with Gasteiger partial charge in [-0.1, -0.05) is 24.3 Å². The van der Waals surface area contributed by atoms with E-state index in [0.717, 1.165) is 11.1 Å². The summed E-state index contributed by atoms with van der Waals surface area (Å²) in [7, 11) is 0. The fourth-order valence-electron chi connectivity index (χ4n) is 1.66. The van der Waals surface area contributed by atoms with E-state index in [1.54, 1.807) is 30.3 Å². The molecular weight excluding hydrogens is 245 g/mol. The van der Waals surface area contributed by atoms with E-state index >= 15 is 0 Å². The number of aliphatic imine (C=N–C) groups is 1. The van der Waals surface area contributed by atoms with Crippen molar-refractivity contribution in [2.75, 3.05) is 0 Å². The van der Waals surface area contributed by atoms with Crippen LogP contribution in [0.15, 0.2) is 53.5 Å². The maximum atomic E-state index is 12.9. The number of carbonyl (C=O) groups is 1. The Morgan fingerprint density at radius 3 is 2.32 bits per heavy atom. The SMILES string of the molecule is NC(N)=NC(=O)c1cccc(-c2ccc(F)cc2)c1. The van der Waals surface area contributed by atoms with Gasteiger partial charge in [0.05, 0.1) is 0 Å². The Bertz CT molecular complexity index is 631. The third-order valence-corrected chi connectivity index (χ3v) is 2.52. The Labute approximate surface area is 109 Å². The fraction of sp³-hybridized carbons (Fsp3) is 0. The second-order valence-electron chi connectivity index (χ2n) is 3.93. The number of hydrogen-bond donors (Lipinski definition) is 2. The van der Waals surface area contributed by atoms with Gasteiger partial charge in [-0.05, 0) is 35.4 Å². The summed E-state index contributed by atoms with van der Waals surface area (Å²) < 4.78 is 12.9. The number of nitrogens with zero attached hydrogens (tertiary/aromatic N) is 1. The van der Waals surface area contributed by atoms with Gasteiger partial charge in [-0.3, -0.25) is 4.79 Å². The van der Waals surface area contributed by atoms with Crippen molar-refractivity contribution in [2.24, 2.45) is 16.5 Å². The smallest absolute Gasteiger partial charge is 0.280 e. The van der Waals surface area contributed by atoms with Crippen LogP contribution in [0.25, 0.3) is 11.1 Å². The summed E-state index contributed by atoms with van der Waals surface area (Å²) >= 11 is 0. The molecule has 0 spiro atoms. The van der Waals surface area contributed by atoms with Crippen molar-refractivity contribution in [3.05, 3.63) is 59.9 Å². The van der Waals surface area contributed by atoms with Gasteiger partial charge in [0.25, 0.3) is 5.91 Å². The van der Waals surface area contributed by atoms with E-state index < -0.39 is 5.91 Å². The van der Waals surface area contributed by atoms with Crippen molar-refractivity contribution in [3.63, 3.8) is 0 Å². The van der Waals surface area contributed by atoms with Crippen LogP contribution < -0.4 is 11.5 Å². The summed E-state index contributed by atoms with van der Waals surface area (Å²) in [4.78, 5) is 15.2. The van der Waals surface area contributed by atoms with Crippen molar-refractivity contribution < 1.29 is 9.18 Å². The minimum atomic E-state index is -0.510. The van der Waals surface area contributed by atoms with Crippen LogP contribution in [0.1, 0.15) is 10.4 Å². The highest BCUT2D eigenvalue weighted by Gasteiger charge is 2.06. The molecule has 0 aromatic heterocycles. The van der Waals surface area contributed by atoms with Crippen LogP contribution in [-0.2, 0) is 0 Å². The first-order valence-electron chi connectivity index (χ1n) is 5.56. The zero-order valence-electron chi connectivity index (χ0n) is 10.0. The molecule has 0 radical (unpaired) electrons. The van der Waals surface area contributed by atoms with Gasteiger partial charge in [-0.2, -0.15) is 4.99 Å². The van der Waals surface area contributed by atoms with Crippen LogP contribution in [0, 0.1) is 5.82 Å². The Balaban J connectivity index is 2.37. The summed E-state index contributed by atoms with van der Waals surface area (Å²) in [6, 6.07) is 12.8. The first kappa shape index (κ1) is 12.8. The normalized spacial score (nSPS) is 9.95. The minimum Gasteiger partial charge on any atom is -0.370 e. The van der Waals surface area contributed by atoms with Crippen LogP contribution in [-0.4, -0.2) is 11.9 Å². The molecule has 0 heterocycles. The van der Waals surface area contributed by atoms with Gasteiger partial charge in [0.15, 0.2) is 5.96 Å². The summed E-state index contributed by atoms with van der Waals surface area (Å²) in [5.41, 5.74) is 12.3. The third kappa shape index (κ3) is 3.16. The molecule has 4 N–H and O–H groups in total. The molecule has 5 heteroatoms. The van der Waals surface area contributed by atoms with Crippen molar-refractivity contribution >= 4 is 11.9 Å². The molecule has 2 aromatic carbocycles. The number of halogens is 1. The maximum absolute atomic E-state index is 12.9. The number of nitrogens with two attached hydrogens (primary N) is 2. The molecule has 2 rings (SSSR count). The predicted molar refractivity (Wildman–Crippen MR) is 72.0 cm³/mol. The lowest BCUT2D eigenvalue weighted by molar-refractivity contribution is 0.100. The second-order valence-corrected chi connectivity index (χ2v) is 3.93. The van der Waals surface area contributed by atoms with Crippen molar-refractivity contribution in [2.45, 2.75) is 0 Å². The molecule has 4 nitrogen and oxygen atoms in total. The standard InChI is InChI=1S/C14H12FN3O/c15-12-6-4-9(5-7-12)10-2-1-3-11(8-10)13(19)18-14(16)17/h1-8H,(H4,16,17,18,19). The highest BCUT2D eigenvalue weighted by atomic mass is 19.1. The molecule has 0 bridgehead atoms. The van der Waals surface area contributed by atoms with Crippen LogP contribution in [0.2, 0.25) is 0 Å². The average molecular weight is 257 g/mol. The number of amides is 1. The van der Waals surface area contributed by atoms with E-state index in [2.05, 4.69) is 4.99 Å². The van der Waals surface area contributed by atoms with E-state index in [0.29, 0.717) is 5.56 Å². The summed E-state index contributed by atoms with van der Waals surface area (Å²) in [5.74, 6) is -1.10. The number of carbonyl (C=O) groups excluding carboxylic acids is 1. The lowest BCUT2D eigenvalue weighted by Crippen LogP contribution is -2.24. The molecule has 0 saturated heterocycles. The summed E-state index contributed by atoms with van der Waals surface area (Å²) in [6.45, 7) is 0. The molecule has 0 aliphatic carbocycles. The van der Waals surface area contributed by atoms with Gasteiger partial charge in [-0.25, -0.2) is 4.39 Å². The largest absolute Gasteiger partial charge is 0.370 e. The third-order valence-electron chi connectivity index (χ3n) is 2.52. The Kier molecular flexibility index (Phi) is 3.56. The van der Waals surface area contributed by atoms with Gasteiger partial charge in [0.1, 0.15) is 5.82 Å². The summed E-state index contributed by atoms with van der Waals surface area (Å²) in [6.07, 6.45) is 0.